The molecule has 0 saturated heterocycles. The van der Waals surface area contributed by atoms with Gasteiger partial charge in [-0.3, -0.25) is 0 Å². The summed E-state index contributed by atoms with van der Waals surface area (Å²) < 4.78 is 0. The molecule has 1 saturated carbocycles. The zero-order chi connectivity index (χ0) is 5.28. The van der Waals surface area contributed by atoms with E-state index in [-0.39, 0.29) is 0 Å². The molecule has 0 aromatic heterocycles. The molecule has 1 fully saturated rings. The van der Waals surface area contributed by atoms with Gasteiger partial charge in [0.05, 0.1) is 0 Å². The van der Waals surface area contributed by atoms with Crippen LogP contribution in [-0.4, -0.2) is 6.54 Å². The SMILES string of the molecule is C#CC1CC1CN. The first kappa shape index (κ1) is 4.67. The number of rotatable bonds is 1. The third-order valence-corrected chi connectivity index (χ3v) is 1.44. The van der Waals surface area contributed by atoms with Gasteiger partial charge in [0.2, 0.25) is 0 Å². The van der Waals surface area contributed by atoms with Gasteiger partial charge in [-0.2, -0.15) is 0 Å². The molecule has 0 amide bonds. The Hall–Kier alpha value is -0.480. The molecular formula is C6H9N. The highest BCUT2D eigenvalue weighted by atomic mass is 14.6. The Labute approximate surface area is 43.9 Å². The molecule has 0 aromatic rings. The van der Waals surface area contributed by atoms with Crippen LogP contribution in [0.5, 0.6) is 0 Å². The van der Waals surface area contributed by atoms with Crippen molar-refractivity contribution in [2.45, 2.75) is 6.42 Å². The first-order valence-electron chi connectivity index (χ1n) is 2.54. The lowest BCUT2D eigenvalue weighted by atomic mass is 10.3. The van der Waals surface area contributed by atoms with E-state index in [1.807, 2.05) is 0 Å². The van der Waals surface area contributed by atoms with E-state index in [1.54, 1.807) is 0 Å². The molecule has 0 aliphatic heterocycles. The molecule has 0 radical (unpaired) electrons. The summed E-state index contributed by atoms with van der Waals surface area (Å²) >= 11 is 0. The summed E-state index contributed by atoms with van der Waals surface area (Å²) in [5, 5.41) is 0. The fourth-order valence-corrected chi connectivity index (χ4v) is 0.712. The van der Waals surface area contributed by atoms with Crippen molar-refractivity contribution in [1.29, 1.82) is 0 Å². The molecule has 7 heavy (non-hydrogen) atoms. The minimum atomic E-state index is 0.519. The highest BCUT2D eigenvalue weighted by molar-refractivity contribution is 5.07. The second-order valence-electron chi connectivity index (χ2n) is 2.00. The largest absolute Gasteiger partial charge is 0.330 e. The van der Waals surface area contributed by atoms with Gasteiger partial charge in [0.25, 0.3) is 0 Å². The molecule has 38 valence electrons. The van der Waals surface area contributed by atoms with E-state index in [1.165, 1.54) is 0 Å². The van der Waals surface area contributed by atoms with E-state index in [0.29, 0.717) is 11.8 Å². The molecule has 1 rings (SSSR count). The van der Waals surface area contributed by atoms with Crippen LogP contribution in [0, 0.1) is 24.2 Å². The molecule has 0 bridgehead atoms. The van der Waals surface area contributed by atoms with E-state index in [4.69, 9.17) is 12.2 Å². The normalized spacial score (nSPS) is 37.1. The van der Waals surface area contributed by atoms with Gasteiger partial charge in [-0.15, -0.1) is 12.3 Å². The molecule has 2 N–H and O–H groups in total. The third-order valence-electron chi connectivity index (χ3n) is 1.44. The third kappa shape index (κ3) is 0.755. The lowest BCUT2D eigenvalue weighted by Crippen LogP contribution is -2.01. The molecule has 0 spiro atoms. The van der Waals surface area contributed by atoms with Crippen LogP contribution >= 0.6 is 0 Å². The average molecular weight is 95.1 g/mol. The molecule has 2 atom stereocenters. The van der Waals surface area contributed by atoms with Crippen LogP contribution in [-0.2, 0) is 0 Å². The minimum Gasteiger partial charge on any atom is -0.330 e. The van der Waals surface area contributed by atoms with Crippen molar-refractivity contribution in [3.05, 3.63) is 0 Å². The van der Waals surface area contributed by atoms with Gasteiger partial charge in [0, 0.05) is 5.92 Å². The van der Waals surface area contributed by atoms with Crippen LogP contribution in [0.25, 0.3) is 0 Å². The molecule has 0 aromatic carbocycles. The molecule has 2 unspecified atom stereocenters. The number of hydrogen-bond donors (Lipinski definition) is 1. The van der Waals surface area contributed by atoms with E-state index in [0.717, 1.165) is 13.0 Å². The lowest BCUT2D eigenvalue weighted by molar-refractivity contribution is 0.808. The monoisotopic (exact) mass is 95.1 g/mol. The summed E-state index contributed by atoms with van der Waals surface area (Å²) in [4.78, 5) is 0. The van der Waals surface area contributed by atoms with Gasteiger partial charge >= 0.3 is 0 Å². The Bertz CT molecular complexity index is 101. The summed E-state index contributed by atoms with van der Waals surface area (Å²) in [6, 6.07) is 0. The van der Waals surface area contributed by atoms with Gasteiger partial charge in [0.15, 0.2) is 0 Å². The maximum atomic E-state index is 5.30. The Morgan fingerprint density at radius 1 is 1.86 bits per heavy atom. The lowest BCUT2D eigenvalue weighted by Gasteiger charge is -1.80. The van der Waals surface area contributed by atoms with Crippen LogP contribution in [0.4, 0.5) is 0 Å². The Morgan fingerprint density at radius 3 is 2.71 bits per heavy atom. The summed E-state index contributed by atoms with van der Waals surface area (Å²) in [7, 11) is 0. The molecule has 1 heteroatoms. The van der Waals surface area contributed by atoms with Crippen LogP contribution in [0.3, 0.4) is 0 Å². The van der Waals surface area contributed by atoms with E-state index >= 15 is 0 Å². The van der Waals surface area contributed by atoms with Crippen molar-refractivity contribution in [3.8, 4) is 12.3 Å². The maximum absolute atomic E-state index is 5.30. The first-order chi connectivity index (χ1) is 3.38. The summed E-state index contributed by atoms with van der Waals surface area (Å²) in [5.41, 5.74) is 5.30. The zero-order valence-corrected chi connectivity index (χ0v) is 4.22. The number of nitrogens with two attached hydrogens (primary N) is 1. The average Bonchev–Trinajstić information content (AvgIpc) is 2.43. The van der Waals surface area contributed by atoms with Gasteiger partial charge in [-0.05, 0) is 18.9 Å². The summed E-state index contributed by atoms with van der Waals surface area (Å²) in [6.07, 6.45) is 6.25. The van der Waals surface area contributed by atoms with Gasteiger partial charge in [-0.1, -0.05) is 0 Å². The fraction of sp³-hybridized carbons (Fsp3) is 0.667. The van der Waals surface area contributed by atoms with Crippen LogP contribution in [0.1, 0.15) is 6.42 Å². The predicted molar refractivity (Wildman–Crippen MR) is 29.5 cm³/mol. The molecule has 1 nitrogen and oxygen atoms in total. The molecular weight excluding hydrogens is 86.1 g/mol. The van der Waals surface area contributed by atoms with Crippen molar-refractivity contribution in [3.63, 3.8) is 0 Å². The highest BCUT2D eigenvalue weighted by Crippen LogP contribution is 2.35. The summed E-state index contributed by atoms with van der Waals surface area (Å²) in [6.45, 7) is 0.773. The number of hydrogen-bond acceptors (Lipinski definition) is 1. The van der Waals surface area contributed by atoms with Gasteiger partial charge in [-0.25, -0.2) is 0 Å². The second-order valence-corrected chi connectivity index (χ2v) is 2.00. The highest BCUT2D eigenvalue weighted by Gasteiger charge is 2.33. The smallest absolute Gasteiger partial charge is 0.0244 e. The van der Waals surface area contributed by atoms with Gasteiger partial charge in [0.1, 0.15) is 0 Å². The van der Waals surface area contributed by atoms with Crippen molar-refractivity contribution in [2.24, 2.45) is 17.6 Å². The minimum absolute atomic E-state index is 0.519. The number of terminal acetylenes is 1. The Balaban J connectivity index is 2.21. The van der Waals surface area contributed by atoms with Crippen LogP contribution < -0.4 is 5.73 Å². The fourth-order valence-electron chi connectivity index (χ4n) is 0.712. The standard InChI is InChI=1S/C6H9N/c1-2-5-3-6(5)4-7/h1,5-6H,3-4,7H2. The van der Waals surface area contributed by atoms with Crippen molar-refractivity contribution >= 4 is 0 Å². The van der Waals surface area contributed by atoms with Gasteiger partial charge < -0.3 is 5.73 Å². The van der Waals surface area contributed by atoms with E-state index in [2.05, 4.69) is 5.92 Å². The molecule has 1 aliphatic carbocycles. The topological polar surface area (TPSA) is 26.0 Å². The summed E-state index contributed by atoms with van der Waals surface area (Å²) in [5.74, 6) is 3.84. The quantitative estimate of drug-likeness (QED) is 0.463. The Kier molecular flexibility index (Phi) is 1.04. The van der Waals surface area contributed by atoms with Crippen molar-refractivity contribution < 1.29 is 0 Å². The van der Waals surface area contributed by atoms with Crippen LogP contribution in [0.15, 0.2) is 0 Å². The zero-order valence-electron chi connectivity index (χ0n) is 4.22. The molecule has 1 aliphatic rings. The van der Waals surface area contributed by atoms with E-state index < -0.39 is 0 Å². The van der Waals surface area contributed by atoms with Crippen molar-refractivity contribution in [2.75, 3.05) is 6.54 Å². The predicted octanol–water partition coefficient (Wildman–Crippen LogP) is 0.214. The first-order valence-corrected chi connectivity index (χ1v) is 2.54. The molecule has 0 heterocycles. The Morgan fingerprint density at radius 2 is 2.57 bits per heavy atom. The maximum Gasteiger partial charge on any atom is 0.0244 e. The van der Waals surface area contributed by atoms with E-state index in [9.17, 15) is 0 Å². The van der Waals surface area contributed by atoms with Crippen LogP contribution in [0.2, 0.25) is 0 Å². The second kappa shape index (κ2) is 1.55. The van der Waals surface area contributed by atoms with Crippen molar-refractivity contribution in [1.82, 2.24) is 0 Å².